The average molecular weight is 387 g/mol. The third-order valence-electron chi connectivity index (χ3n) is 5.19. The molecule has 0 unspecified atom stereocenters. The smallest absolute Gasteiger partial charge is 0.274 e. The molecule has 1 amide bonds. The Bertz CT molecular complexity index is 1080. The minimum Gasteiger partial charge on any atom is -0.505 e. The van der Waals surface area contributed by atoms with Gasteiger partial charge in [0.05, 0.1) is 0 Å². The molecule has 0 spiro atoms. The molecule has 6 heteroatoms. The van der Waals surface area contributed by atoms with Gasteiger partial charge in [-0.1, -0.05) is 37.5 Å². The summed E-state index contributed by atoms with van der Waals surface area (Å²) < 4.78 is 5.81. The van der Waals surface area contributed by atoms with E-state index in [9.17, 15) is 15.2 Å². The van der Waals surface area contributed by atoms with E-state index < -0.39 is 5.91 Å². The van der Waals surface area contributed by atoms with Crippen LogP contribution >= 0.6 is 0 Å². The lowest BCUT2D eigenvalue weighted by Gasteiger charge is -2.22. The van der Waals surface area contributed by atoms with E-state index in [-0.39, 0.29) is 23.2 Å². The number of carbonyl (C=O) groups excluding carboxylic acids is 1. The lowest BCUT2D eigenvalue weighted by molar-refractivity contribution is 0.0920. The SMILES string of the molecule is N#Cc1nc(C(=O)NC2CCCCC2)c(O)c2ccc(Oc3ccccc3)cc12. The fraction of sp³-hybridized carbons (Fsp3) is 0.261. The van der Waals surface area contributed by atoms with Crippen molar-refractivity contribution in [2.75, 3.05) is 0 Å². The van der Waals surface area contributed by atoms with Crippen LogP contribution in [0.4, 0.5) is 0 Å². The Morgan fingerprint density at radius 2 is 1.83 bits per heavy atom. The van der Waals surface area contributed by atoms with Gasteiger partial charge in [-0.3, -0.25) is 4.79 Å². The molecule has 0 aliphatic heterocycles. The molecule has 3 aromatic rings. The molecule has 2 N–H and O–H groups in total. The molecule has 1 heterocycles. The van der Waals surface area contributed by atoms with Crippen molar-refractivity contribution >= 4 is 16.7 Å². The predicted molar refractivity (Wildman–Crippen MR) is 109 cm³/mol. The zero-order valence-electron chi connectivity index (χ0n) is 15.9. The largest absolute Gasteiger partial charge is 0.505 e. The Labute approximate surface area is 168 Å². The maximum atomic E-state index is 12.7. The van der Waals surface area contributed by atoms with Gasteiger partial charge < -0.3 is 15.2 Å². The van der Waals surface area contributed by atoms with Crippen molar-refractivity contribution in [3.63, 3.8) is 0 Å². The van der Waals surface area contributed by atoms with Crippen LogP contribution in [0.1, 0.15) is 48.3 Å². The Hall–Kier alpha value is -3.59. The predicted octanol–water partition coefficient (Wildman–Crippen LogP) is 4.67. The molecule has 2 aromatic carbocycles. The topological polar surface area (TPSA) is 95.2 Å². The van der Waals surface area contributed by atoms with Crippen LogP contribution in [0.25, 0.3) is 10.8 Å². The summed E-state index contributed by atoms with van der Waals surface area (Å²) in [7, 11) is 0. The van der Waals surface area contributed by atoms with Gasteiger partial charge in [0.2, 0.25) is 0 Å². The maximum absolute atomic E-state index is 12.7. The minimum atomic E-state index is -0.447. The highest BCUT2D eigenvalue weighted by Crippen LogP contribution is 2.33. The Balaban J connectivity index is 1.67. The lowest BCUT2D eigenvalue weighted by atomic mass is 9.95. The molecule has 1 aliphatic rings. The number of nitrogens with one attached hydrogen (secondary N) is 1. The van der Waals surface area contributed by atoms with Crippen molar-refractivity contribution in [3.8, 4) is 23.3 Å². The number of nitriles is 1. The standard InChI is InChI=1S/C23H21N3O3/c24-14-20-19-13-17(29-16-9-5-2-6-10-16)11-12-18(19)22(27)21(26-20)23(28)25-15-7-3-1-4-8-15/h2,5-6,9-13,15,27H,1,3-4,7-8H2,(H,25,28). The monoisotopic (exact) mass is 387 g/mol. The molecule has 0 atom stereocenters. The molecular formula is C23H21N3O3. The van der Waals surface area contributed by atoms with Crippen molar-refractivity contribution in [1.29, 1.82) is 5.26 Å². The second-order valence-corrected chi connectivity index (χ2v) is 7.20. The van der Waals surface area contributed by atoms with Crippen molar-refractivity contribution in [2.45, 2.75) is 38.1 Å². The number of nitrogens with zero attached hydrogens (tertiary/aromatic N) is 2. The fourth-order valence-electron chi connectivity index (χ4n) is 3.71. The Morgan fingerprint density at radius 3 is 2.55 bits per heavy atom. The van der Waals surface area contributed by atoms with Crippen molar-refractivity contribution in [3.05, 3.63) is 59.9 Å². The van der Waals surface area contributed by atoms with Crippen LogP contribution in [0.3, 0.4) is 0 Å². The van der Waals surface area contributed by atoms with Gasteiger partial charge in [0.1, 0.15) is 23.3 Å². The summed E-state index contributed by atoms with van der Waals surface area (Å²) >= 11 is 0. The minimum absolute atomic E-state index is 0.0742. The number of benzene rings is 2. The number of aromatic hydroxyl groups is 1. The third-order valence-corrected chi connectivity index (χ3v) is 5.19. The molecule has 0 radical (unpaired) electrons. The van der Waals surface area contributed by atoms with Gasteiger partial charge in [0.15, 0.2) is 11.4 Å². The van der Waals surface area contributed by atoms with Gasteiger partial charge in [-0.2, -0.15) is 5.26 Å². The van der Waals surface area contributed by atoms with Gasteiger partial charge in [-0.15, -0.1) is 0 Å². The number of ether oxygens (including phenoxy) is 1. The van der Waals surface area contributed by atoms with E-state index in [1.165, 1.54) is 6.42 Å². The van der Waals surface area contributed by atoms with Crippen LogP contribution in [-0.2, 0) is 0 Å². The zero-order valence-corrected chi connectivity index (χ0v) is 15.9. The highest BCUT2D eigenvalue weighted by atomic mass is 16.5. The summed E-state index contributed by atoms with van der Waals surface area (Å²) in [4.78, 5) is 16.8. The van der Waals surface area contributed by atoms with Crippen molar-refractivity contribution in [2.24, 2.45) is 0 Å². The summed E-state index contributed by atoms with van der Waals surface area (Å²) in [5.74, 6) is 0.503. The van der Waals surface area contributed by atoms with Gasteiger partial charge >= 0.3 is 0 Å². The molecule has 1 saturated carbocycles. The first-order valence-electron chi connectivity index (χ1n) is 9.76. The number of amides is 1. The van der Waals surface area contributed by atoms with E-state index in [2.05, 4.69) is 10.3 Å². The summed E-state index contributed by atoms with van der Waals surface area (Å²) in [6.07, 6.45) is 5.18. The second kappa shape index (κ2) is 8.19. The number of hydrogen-bond donors (Lipinski definition) is 2. The number of fused-ring (bicyclic) bond motifs is 1. The fourth-order valence-corrected chi connectivity index (χ4v) is 3.71. The normalized spacial score (nSPS) is 14.3. The van der Waals surface area contributed by atoms with Crippen LogP contribution < -0.4 is 10.1 Å². The van der Waals surface area contributed by atoms with Crippen LogP contribution in [0.15, 0.2) is 48.5 Å². The van der Waals surface area contributed by atoms with E-state index in [1.807, 2.05) is 36.4 Å². The molecule has 4 rings (SSSR count). The quantitative estimate of drug-likeness (QED) is 0.678. The van der Waals surface area contributed by atoms with Gasteiger partial charge in [-0.25, -0.2) is 4.98 Å². The number of para-hydroxylation sites is 1. The highest BCUT2D eigenvalue weighted by molar-refractivity contribution is 6.03. The van der Waals surface area contributed by atoms with E-state index in [1.54, 1.807) is 18.2 Å². The molecule has 29 heavy (non-hydrogen) atoms. The number of pyridine rings is 1. The second-order valence-electron chi connectivity index (χ2n) is 7.20. The molecule has 1 fully saturated rings. The van der Waals surface area contributed by atoms with Crippen LogP contribution in [0, 0.1) is 11.3 Å². The summed E-state index contributed by atoms with van der Waals surface area (Å²) in [5.41, 5.74) is -0.0403. The maximum Gasteiger partial charge on any atom is 0.274 e. The molecule has 6 nitrogen and oxygen atoms in total. The average Bonchev–Trinajstić information content (AvgIpc) is 2.75. The van der Waals surface area contributed by atoms with E-state index in [0.29, 0.717) is 22.3 Å². The first-order chi connectivity index (χ1) is 14.2. The summed E-state index contributed by atoms with van der Waals surface area (Å²) in [5, 5.41) is 24.0. The van der Waals surface area contributed by atoms with Crippen molar-refractivity contribution < 1.29 is 14.6 Å². The van der Waals surface area contributed by atoms with Gasteiger partial charge in [0, 0.05) is 16.8 Å². The summed E-state index contributed by atoms with van der Waals surface area (Å²) in [6, 6.07) is 16.4. The third kappa shape index (κ3) is 3.99. The number of carbonyl (C=O) groups is 1. The Kier molecular flexibility index (Phi) is 5.30. The molecule has 0 bridgehead atoms. The number of hydrogen-bond acceptors (Lipinski definition) is 5. The first kappa shape index (κ1) is 18.8. The Morgan fingerprint density at radius 1 is 1.07 bits per heavy atom. The molecule has 1 aromatic heterocycles. The van der Waals surface area contributed by atoms with Crippen molar-refractivity contribution in [1.82, 2.24) is 10.3 Å². The van der Waals surface area contributed by atoms with Crippen LogP contribution in [0.5, 0.6) is 17.2 Å². The zero-order chi connectivity index (χ0) is 20.2. The molecule has 0 saturated heterocycles. The first-order valence-corrected chi connectivity index (χ1v) is 9.76. The van der Waals surface area contributed by atoms with E-state index in [4.69, 9.17) is 4.74 Å². The van der Waals surface area contributed by atoms with E-state index in [0.717, 1.165) is 25.7 Å². The number of aromatic nitrogens is 1. The lowest BCUT2D eigenvalue weighted by Crippen LogP contribution is -2.36. The molecular weight excluding hydrogens is 366 g/mol. The molecule has 146 valence electrons. The molecule has 1 aliphatic carbocycles. The van der Waals surface area contributed by atoms with E-state index >= 15 is 0 Å². The highest BCUT2D eigenvalue weighted by Gasteiger charge is 2.23. The number of rotatable bonds is 4. The van der Waals surface area contributed by atoms with Crippen LogP contribution in [0.2, 0.25) is 0 Å². The summed E-state index contributed by atoms with van der Waals surface area (Å²) in [6.45, 7) is 0. The van der Waals surface area contributed by atoms with Crippen LogP contribution in [-0.4, -0.2) is 22.0 Å². The van der Waals surface area contributed by atoms with Gasteiger partial charge in [-0.05, 0) is 43.2 Å². The van der Waals surface area contributed by atoms with Gasteiger partial charge in [0.25, 0.3) is 5.91 Å².